The van der Waals surface area contributed by atoms with E-state index in [0.717, 1.165) is 11.1 Å². The molecule has 0 aliphatic heterocycles. The number of nitrogens with two attached hydrogens (primary N) is 1. The van der Waals surface area contributed by atoms with Crippen LogP contribution in [0.25, 0.3) is 0 Å². The van der Waals surface area contributed by atoms with Crippen LogP contribution in [0.5, 0.6) is 0 Å². The first-order chi connectivity index (χ1) is 8.97. The van der Waals surface area contributed by atoms with Crippen LogP contribution in [0.1, 0.15) is 21.5 Å². The first-order valence-corrected chi connectivity index (χ1v) is 6.06. The van der Waals surface area contributed by atoms with E-state index in [2.05, 4.69) is 5.10 Å². The van der Waals surface area contributed by atoms with Crippen LogP contribution in [-0.2, 0) is 13.6 Å². The summed E-state index contributed by atoms with van der Waals surface area (Å²) in [5.74, 6) is -0.0787. The quantitative estimate of drug-likeness (QED) is 0.850. The number of nitrogens with zero attached hydrogens (tertiary/aromatic N) is 3. The van der Waals surface area contributed by atoms with E-state index in [0.29, 0.717) is 17.8 Å². The Balaban J connectivity index is 2.16. The van der Waals surface area contributed by atoms with Crippen LogP contribution in [0.4, 0.5) is 5.69 Å². The number of nitrogen functional groups attached to an aromatic ring is 1. The Morgan fingerprint density at radius 2 is 2.21 bits per heavy atom. The second kappa shape index (κ2) is 5.14. The second-order valence-corrected chi connectivity index (χ2v) is 4.77. The van der Waals surface area contributed by atoms with Crippen molar-refractivity contribution in [1.82, 2.24) is 14.7 Å². The van der Waals surface area contributed by atoms with Gasteiger partial charge in [0.1, 0.15) is 0 Å². The molecule has 1 amide bonds. The predicted molar refractivity (Wildman–Crippen MR) is 74.6 cm³/mol. The average molecular weight is 258 g/mol. The third kappa shape index (κ3) is 2.93. The van der Waals surface area contributed by atoms with Crippen LogP contribution in [0.2, 0.25) is 0 Å². The van der Waals surface area contributed by atoms with Crippen LogP contribution >= 0.6 is 0 Å². The van der Waals surface area contributed by atoms with Crippen molar-refractivity contribution in [3.05, 3.63) is 47.3 Å². The van der Waals surface area contributed by atoms with E-state index in [9.17, 15) is 4.79 Å². The van der Waals surface area contributed by atoms with Gasteiger partial charge in [-0.15, -0.1) is 0 Å². The number of carbonyl (C=O) groups excluding carboxylic acids is 1. The van der Waals surface area contributed by atoms with Crippen LogP contribution in [0.3, 0.4) is 0 Å². The van der Waals surface area contributed by atoms with Crippen molar-refractivity contribution >= 4 is 11.6 Å². The van der Waals surface area contributed by atoms with E-state index in [1.54, 1.807) is 28.9 Å². The van der Waals surface area contributed by atoms with E-state index in [4.69, 9.17) is 5.73 Å². The van der Waals surface area contributed by atoms with Gasteiger partial charge in [0, 0.05) is 38.1 Å². The van der Waals surface area contributed by atoms with Gasteiger partial charge in [-0.3, -0.25) is 9.48 Å². The summed E-state index contributed by atoms with van der Waals surface area (Å²) in [5, 5.41) is 4.09. The zero-order chi connectivity index (χ0) is 14.0. The van der Waals surface area contributed by atoms with Gasteiger partial charge in [-0.2, -0.15) is 5.10 Å². The molecule has 2 aromatic rings. The molecule has 0 spiro atoms. The Morgan fingerprint density at radius 3 is 2.84 bits per heavy atom. The normalized spacial score (nSPS) is 10.5. The van der Waals surface area contributed by atoms with Gasteiger partial charge in [0.05, 0.1) is 11.8 Å². The molecule has 5 nitrogen and oxygen atoms in total. The number of rotatable bonds is 3. The highest BCUT2D eigenvalue weighted by atomic mass is 16.2. The minimum absolute atomic E-state index is 0.0787. The maximum absolute atomic E-state index is 12.3. The molecule has 5 heteroatoms. The monoisotopic (exact) mass is 258 g/mol. The van der Waals surface area contributed by atoms with Crippen molar-refractivity contribution in [3.63, 3.8) is 0 Å². The first-order valence-electron chi connectivity index (χ1n) is 6.06. The third-order valence-corrected chi connectivity index (χ3v) is 2.96. The molecule has 0 bridgehead atoms. The zero-order valence-electron chi connectivity index (χ0n) is 11.4. The standard InChI is InChI=1S/C14H18N4O/c1-10-4-5-13(15)12(6-10)14(19)17(2)8-11-7-16-18(3)9-11/h4-7,9H,8,15H2,1-3H3. The molecular weight excluding hydrogens is 240 g/mol. The van der Waals surface area contributed by atoms with Crippen molar-refractivity contribution in [2.75, 3.05) is 12.8 Å². The van der Waals surface area contributed by atoms with E-state index in [-0.39, 0.29) is 5.91 Å². The molecule has 19 heavy (non-hydrogen) atoms. The highest BCUT2D eigenvalue weighted by Gasteiger charge is 2.15. The largest absolute Gasteiger partial charge is 0.398 e. The van der Waals surface area contributed by atoms with E-state index in [1.165, 1.54) is 0 Å². The van der Waals surface area contributed by atoms with Gasteiger partial charge >= 0.3 is 0 Å². The lowest BCUT2D eigenvalue weighted by Crippen LogP contribution is -2.26. The highest BCUT2D eigenvalue weighted by Crippen LogP contribution is 2.16. The lowest BCUT2D eigenvalue weighted by molar-refractivity contribution is 0.0786. The van der Waals surface area contributed by atoms with Gasteiger partial charge in [0.2, 0.25) is 0 Å². The van der Waals surface area contributed by atoms with Crippen molar-refractivity contribution in [1.29, 1.82) is 0 Å². The lowest BCUT2D eigenvalue weighted by Gasteiger charge is -2.17. The maximum Gasteiger partial charge on any atom is 0.255 e. The fourth-order valence-electron chi connectivity index (χ4n) is 1.96. The zero-order valence-corrected chi connectivity index (χ0v) is 11.4. The Bertz CT molecular complexity index is 603. The number of amides is 1. The van der Waals surface area contributed by atoms with Crippen molar-refractivity contribution in [3.8, 4) is 0 Å². The summed E-state index contributed by atoms with van der Waals surface area (Å²) in [6.07, 6.45) is 3.65. The predicted octanol–water partition coefficient (Wildman–Crippen LogP) is 1.58. The molecule has 2 N–H and O–H groups in total. The van der Waals surface area contributed by atoms with E-state index in [1.807, 2.05) is 32.3 Å². The molecule has 0 aliphatic rings. The summed E-state index contributed by atoms with van der Waals surface area (Å²) >= 11 is 0. The van der Waals surface area contributed by atoms with Crippen LogP contribution in [0.15, 0.2) is 30.6 Å². The van der Waals surface area contributed by atoms with E-state index >= 15 is 0 Å². The minimum Gasteiger partial charge on any atom is -0.398 e. The number of hydrogen-bond acceptors (Lipinski definition) is 3. The minimum atomic E-state index is -0.0787. The number of hydrogen-bond donors (Lipinski definition) is 1. The second-order valence-electron chi connectivity index (χ2n) is 4.77. The van der Waals surface area contributed by atoms with Crippen LogP contribution in [0, 0.1) is 6.92 Å². The average Bonchev–Trinajstić information content (AvgIpc) is 2.77. The number of aryl methyl sites for hydroxylation is 2. The Labute approximate surface area is 112 Å². The summed E-state index contributed by atoms with van der Waals surface area (Å²) in [4.78, 5) is 14.0. The Hall–Kier alpha value is -2.30. The van der Waals surface area contributed by atoms with Crippen molar-refractivity contribution in [2.45, 2.75) is 13.5 Å². The molecule has 0 aliphatic carbocycles. The number of aromatic nitrogens is 2. The van der Waals surface area contributed by atoms with Gasteiger partial charge in [-0.25, -0.2) is 0 Å². The Morgan fingerprint density at radius 1 is 1.47 bits per heavy atom. The summed E-state index contributed by atoms with van der Waals surface area (Å²) in [7, 11) is 3.61. The van der Waals surface area contributed by atoms with Crippen LogP contribution in [-0.4, -0.2) is 27.6 Å². The molecule has 0 atom stereocenters. The van der Waals surface area contributed by atoms with Gasteiger partial charge in [-0.05, 0) is 19.1 Å². The highest BCUT2D eigenvalue weighted by molar-refractivity contribution is 5.99. The molecule has 0 unspecified atom stereocenters. The molecule has 0 radical (unpaired) electrons. The molecular formula is C14H18N4O. The topological polar surface area (TPSA) is 64.2 Å². The number of carbonyl (C=O) groups is 1. The fraction of sp³-hybridized carbons (Fsp3) is 0.286. The molecule has 1 aromatic carbocycles. The number of anilines is 1. The fourth-order valence-corrected chi connectivity index (χ4v) is 1.96. The summed E-state index contributed by atoms with van der Waals surface area (Å²) in [5.41, 5.74) is 8.93. The number of benzene rings is 1. The van der Waals surface area contributed by atoms with Gasteiger partial charge in [0.25, 0.3) is 5.91 Å². The molecule has 0 saturated heterocycles. The van der Waals surface area contributed by atoms with Gasteiger partial charge in [-0.1, -0.05) is 11.6 Å². The molecule has 2 rings (SSSR count). The van der Waals surface area contributed by atoms with Crippen molar-refractivity contribution in [2.24, 2.45) is 7.05 Å². The van der Waals surface area contributed by atoms with Gasteiger partial charge in [0.15, 0.2) is 0 Å². The summed E-state index contributed by atoms with van der Waals surface area (Å²) in [6, 6.07) is 5.48. The summed E-state index contributed by atoms with van der Waals surface area (Å²) < 4.78 is 1.72. The van der Waals surface area contributed by atoms with Crippen molar-refractivity contribution < 1.29 is 4.79 Å². The molecule has 100 valence electrons. The van der Waals surface area contributed by atoms with Crippen LogP contribution < -0.4 is 5.73 Å². The molecule has 1 heterocycles. The summed E-state index contributed by atoms with van der Waals surface area (Å²) in [6.45, 7) is 2.46. The molecule has 0 saturated carbocycles. The van der Waals surface area contributed by atoms with Gasteiger partial charge < -0.3 is 10.6 Å². The molecule has 1 aromatic heterocycles. The molecule has 0 fully saturated rings. The van der Waals surface area contributed by atoms with E-state index < -0.39 is 0 Å². The smallest absolute Gasteiger partial charge is 0.255 e. The lowest BCUT2D eigenvalue weighted by atomic mass is 10.1. The first kappa shape index (κ1) is 13.1. The maximum atomic E-state index is 12.3. The SMILES string of the molecule is Cc1ccc(N)c(C(=O)N(C)Cc2cnn(C)c2)c1. The Kier molecular flexibility index (Phi) is 3.55. The third-order valence-electron chi connectivity index (χ3n) is 2.96.